The van der Waals surface area contributed by atoms with Crippen LogP contribution in [0.1, 0.15) is 25.8 Å². The van der Waals surface area contributed by atoms with Gasteiger partial charge in [-0.05, 0) is 44.0 Å². The summed E-state index contributed by atoms with van der Waals surface area (Å²) >= 11 is 0. The molecule has 0 aliphatic rings. The topological polar surface area (TPSA) is 89.7 Å². The van der Waals surface area contributed by atoms with E-state index in [1.807, 2.05) is 6.92 Å². The van der Waals surface area contributed by atoms with Gasteiger partial charge in [-0.15, -0.1) is 0 Å². The third-order valence-corrected chi connectivity index (χ3v) is 4.91. The van der Waals surface area contributed by atoms with Crippen molar-refractivity contribution in [2.75, 3.05) is 25.4 Å². The van der Waals surface area contributed by atoms with Crippen LogP contribution in [0, 0.1) is 6.92 Å². The van der Waals surface area contributed by atoms with E-state index in [0.717, 1.165) is 4.31 Å². The fraction of sp³-hybridized carbons (Fsp3) is 0.500. The molecule has 0 saturated carbocycles. The zero-order valence-corrected chi connectivity index (χ0v) is 13.4. The van der Waals surface area contributed by atoms with Crippen molar-refractivity contribution in [2.45, 2.75) is 32.1 Å². The first-order valence-corrected chi connectivity index (χ1v) is 8.28. The number of hydrogen-bond donors (Lipinski definition) is 1. The number of rotatable bonds is 7. The van der Waals surface area contributed by atoms with Crippen molar-refractivity contribution in [1.29, 1.82) is 0 Å². The first-order chi connectivity index (χ1) is 9.82. The van der Waals surface area contributed by atoms with Crippen molar-refractivity contribution in [3.63, 3.8) is 0 Å². The van der Waals surface area contributed by atoms with Gasteiger partial charge in [0.25, 0.3) is 0 Å². The van der Waals surface area contributed by atoms with Crippen LogP contribution in [0.5, 0.6) is 0 Å². The molecule has 0 aromatic heterocycles. The maximum absolute atomic E-state index is 12.7. The van der Waals surface area contributed by atoms with Crippen LogP contribution in [-0.4, -0.2) is 38.4 Å². The Balaban J connectivity index is 3.12. The van der Waals surface area contributed by atoms with E-state index in [-0.39, 0.29) is 24.6 Å². The molecule has 1 aromatic rings. The summed E-state index contributed by atoms with van der Waals surface area (Å²) in [5.41, 5.74) is 6.70. The second kappa shape index (κ2) is 7.42. The quantitative estimate of drug-likeness (QED) is 0.609. The maximum Gasteiger partial charge on any atom is 0.321 e. The number of anilines is 1. The van der Waals surface area contributed by atoms with Crippen LogP contribution >= 0.6 is 0 Å². The van der Waals surface area contributed by atoms with E-state index in [1.165, 1.54) is 12.1 Å². The lowest BCUT2D eigenvalue weighted by molar-refractivity contribution is -0.143. The van der Waals surface area contributed by atoms with Gasteiger partial charge in [0.15, 0.2) is 0 Å². The number of ether oxygens (including phenoxy) is 1. The van der Waals surface area contributed by atoms with Gasteiger partial charge in [-0.2, -0.15) is 4.31 Å². The molecule has 0 spiro atoms. The molecule has 21 heavy (non-hydrogen) atoms. The number of benzene rings is 1. The van der Waals surface area contributed by atoms with Gasteiger partial charge in [0.1, 0.15) is 6.54 Å². The molecule has 0 heterocycles. The number of nitrogens with zero attached hydrogens (tertiary/aromatic N) is 1. The summed E-state index contributed by atoms with van der Waals surface area (Å²) in [6.07, 6.45) is 0.604. The number of hydrogen-bond acceptors (Lipinski definition) is 5. The fourth-order valence-corrected chi connectivity index (χ4v) is 3.67. The van der Waals surface area contributed by atoms with Gasteiger partial charge >= 0.3 is 5.97 Å². The number of sulfonamides is 1. The van der Waals surface area contributed by atoms with Crippen molar-refractivity contribution in [1.82, 2.24) is 4.31 Å². The van der Waals surface area contributed by atoms with Crippen LogP contribution in [-0.2, 0) is 19.6 Å². The molecule has 2 N–H and O–H groups in total. The Morgan fingerprint density at radius 3 is 2.52 bits per heavy atom. The first kappa shape index (κ1) is 17.5. The summed E-state index contributed by atoms with van der Waals surface area (Å²) in [7, 11) is -3.75. The molecule has 1 rings (SSSR count). The molecule has 118 valence electrons. The predicted octanol–water partition coefficient (Wildman–Crippen LogP) is 1.54. The summed E-state index contributed by atoms with van der Waals surface area (Å²) in [6, 6.07) is 4.60. The number of nitrogen functional groups attached to an aromatic ring is 1. The predicted molar refractivity (Wildman–Crippen MR) is 81.3 cm³/mol. The molecule has 7 heteroatoms. The standard InChI is InChI=1S/C14H22N2O4S/c1-4-8-16(10-14(17)20-5-2)21(18,19)13-7-6-12(15)9-11(13)3/h6-7,9H,4-5,8,10,15H2,1-3H3. The highest BCUT2D eigenvalue weighted by atomic mass is 32.2. The minimum Gasteiger partial charge on any atom is -0.465 e. The molecule has 0 atom stereocenters. The lowest BCUT2D eigenvalue weighted by Gasteiger charge is -2.21. The molecule has 0 aliphatic carbocycles. The number of carbonyl (C=O) groups is 1. The van der Waals surface area contributed by atoms with Gasteiger partial charge in [-0.1, -0.05) is 6.92 Å². The van der Waals surface area contributed by atoms with Gasteiger partial charge in [0.05, 0.1) is 11.5 Å². The van der Waals surface area contributed by atoms with Gasteiger partial charge in [0.2, 0.25) is 10.0 Å². The van der Waals surface area contributed by atoms with Crippen molar-refractivity contribution in [3.8, 4) is 0 Å². The average molecular weight is 314 g/mol. The monoisotopic (exact) mass is 314 g/mol. The van der Waals surface area contributed by atoms with Crippen molar-refractivity contribution in [2.24, 2.45) is 0 Å². The van der Waals surface area contributed by atoms with Crippen LogP contribution in [0.25, 0.3) is 0 Å². The smallest absolute Gasteiger partial charge is 0.321 e. The third kappa shape index (κ3) is 4.44. The molecular formula is C14H22N2O4S. The van der Waals surface area contributed by atoms with Gasteiger partial charge in [0, 0.05) is 12.2 Å². The molecule has 0 saturated heterocycles. The molecule has 0 aliphatic heterocycles. The Bertz CT molecular complexity index is 599. The number of carbonyl (C=O) groups excluding carboxylic acids is 1. The van der Waals surface area contributed by atoms with Crippen LogP contribution < -0.4 is 5.73 Å². The van der Waals surface area contributed by atoms with E-state index in [9.17, 15) is 13.2 Å². The van der Waals surface area contributed by atoms with Crippen LogP contribution in [0.2, 0.25) is 0 Å². The summed E-state index contributed by atoms with van der Waals surface area (Å²) < 4.78 is 31.3. The second-order valence-corrected chi connectivity index (χ2v) is 6.57. The highest BCUT2D eigenvalue weighted by Gasteiger charge is 2.27. The SMILES string of the molecule is CCCN(CC(=O)OCC)S(=O)(=O)c1ccc(N)cc1C. The van der Waals surface area contributed by atoms with Crippen LogP contribution in [0.15, 0.2) is 23.1 Å². The van der Waals surface area contributed by atoms with E-state index < -0.39 is 16.0 Å². The lowest BCUT2D eigenvalue weighted by Crippen LogP contribution is -2.37. The normalized spacial score (nSPS) is 11.6. The summed E-state index contributed by atoms with van der Waals surface area (Å²) in [6.45, 7) is 5.40. The van der Waals surface area contributed by atoms with Crippen LogP contribution in [0.3, 0.4) is 0 Å². The van der Waals surface area contributed by atoms with E-state index in [2.05, 4.69) is 0 Å². The molecule has 0 amide bonds. The molecule has 0 bridgehead atoms. The van der Waals surface area contributed by atoms with Gasteiger partial charge < -0.3 is 10.5 Å². The molecule has 0 radical (unpaired) electrons. The van der Waals surface area contributed by atoms with Crippen molar-refractivity contribution >= 4 is 21.7 Å². The molecule has 0 unspecified atom stereocenters. The molecular weight excluding hydrogens is 292 g/mol. The van der Waals surface area contributed by atoms with Crippen LogP contribution in [0.4, 0.5) is 5.69 Å². The van der Waals surface area contributed by atoms with Gasteiger partial charge in [-0.25, -0.2) is 8.42 Å². The average Bonchev–Trinajstić information content (AvgIpc) is 2.38. The third-order valence-electron chi connectivity index (χ3n) is 2.90. The number of esters is 1. The van der Waals surface area contributed by atoms with E-state index in [1.54, 1.807) is 19.9 Å². The maximum atomic E-state index is 12.7. The highest BCUT2D eigenvalue weighted by Crippen LogP contribution is 2.22. The zero-order chi connectivity index (χ0) is 16.0. The minimum atomic E-state index is -3.75. The molecule has 6 nitrogen and oxygen atoms in total. The fourth-order valence-electron chi connectivity index (χ4n) is 1.99. The van der Waals surface area contributed by atoms with E-state index in [0.29, 0.717) is 17.7 Å². The van der Waals surface area contributed by atoms with Crippen molar-refractivity contribution < 1.29 is 17.9 Å². The Kier molecular flexibility index (Phi) is 6.17. The summed E-state index contributed by atoms with van der Waals surface area (Å²) in [5, 5.41) is 0. The Morgan fingerprint density at radius 1 is 1.33 bits per heavy atom. The van der Waals surface area contributed by atoms with Gasteiger partial charge in [-0.3, -0.25) is 4.79 Å². The molecule has 0 fully saturated rings. The zero-order valence-electron chi connectivity index (χ0n) is 12.6. The van der Waals surface area contributed by atoms with E-state index >= 15 is 0 Å². The number of aryl methyl sites for hydroxylation is 1. The minimum absolute atomic E-state index is 0.162. The lowest BCUT2D eigenvalue weighted by atomic mass is 10.2. The highest BCUT2D eigenvalue weighted by molar-refractivity contribution is 7.89. The summed E-state index contributed by atoms with van der Waals surface area (Å²) in [4.78, 5) is 11.8. The summed E-state index contributed by atoms with van der Waals surface area (Å²) in [5.74, 6) is -0.553. The Labute approximate surface area is 125 Å². The van der Waals surface area contributed by atoms with E-state index in [4.69, 9.17) is 10.5 Å². The second-order valence-electron chi connectivity index (χ2n) is 4.67. The largest absolute Gasteiger partial charge is 0.465 e. The Morgan fingerprint density at radius 2 is 2.00 bits per heavy atom. The first-order valence-electron chi connectivity index (χ1n) is 6.84. The Hall–Kier alpha value is -1.60. The van der Waals surface area contributed by atoms with Crippen molar-refractivity contribution in [3.05, 3.63) is 23.8 Å². The number of nitrogens with two attached hydrogens (primary N) is 1. The molecule has 1 aromatic carbocycles.